The molecule has 0 bridgehead atoms. The molecular weight excluding hydrogens is 254 g/mol. The fraction of sp³-hybridized carbons (Fsp3) is 0.688. The second-order valence-corrected chi connectivity index (χ2v) is 8.24. The van der Waals surface area contributed by atoms with E-state index >= 15 is 0 Å². The van der Waals surface area contributed by atoms with Gasteiger partial charge in [-0.25, -0.2) is 0 Å². The molecule has 1 saturated heterocycles. The Hall–Kier alpha value is -0.700. The largest absolute Gasteiger partial charge is 0.347 e. The summed E-state index contributed by atoms with van der Waals surface area (Å²) in [5.41, 5.74) is 3.68. The van der Waals surface area contributed by atoms with E-state index in [1.807, 2.05) is 0 Å². The fourth-order valence-electron chi connectivity index (χ4n) is 3.45. The molecule has 2 aliphatic rings. The number of nitrogens with zero attached hydrogens (tertiary/aromatic N) is 1. The fourth-order valence-corrected chi connectivity index (χ4v) is 4.71. The number of fused-ring (bicyclic) bond motifs is 1. The molecule has 0 amide bonds. The maximum absolute atomic E-state index is 12.3. The van der Waals surface area contributed by atoms with Gasteiger partial charge < -0.3 is 4.57 Å². The van der Waals surface area contributed by atoms with E-state index in [2.05, 4.69) is 43.2 Å². The van der Waals surface area contributed by atoms with Crippen LogP contribution < -0.4 is 0 Å². The van der Waals surface area contributed by atoms with Gasteiger partial charge in [0.2, 0.25) is 0 Å². The van der Waals surface area contributed by atoms with Gasteiger partial charge in [-0.3, -0.25) is 4.79 Å². The lowest BCUT2D eigenvalue weighted by atomic mass is 9.76. The van der Waals surface area contributed by atoms with Crippen molar-refractivity contribution in [3.8, 4) is 0 Å². The molecule has 1 fully saturated rings. The molecule has 0 spiro atoms. The highest BCUT2D eigenvalue weighted by atomic mass is 32.2. The third-order valence-corrected chi connectivity index (χ3v) is 5.79. The Morgan fingerprint density at radius 1 is 1.42 bits per heavy atom. The van der Waals surface area contributed by atoms with E-state index in [9.17, 15) is 4.79 Å². The SMILES string of the molecule is Cc1cc2c(n1CC1CCCS1)CC(C)(C)CC2=O. The Balaban J connectivity index is 1.94. The van der Waals surface area contributed by atoms with Crippen molar-refractivity contribution in [2.45, 2.75) is 58.2 Å². The van der Waals surface area contributed by atoms with Gasteiger partial charge in [0.1, 0.15) is 0 Å². The van der Waals surface area contributed by atoms with Crippen LogP contribution in [0.3, 0.4) is 0 Å². The Morgan fingerprint density at radius 3 is 2.89 bits per heavy atom. The van der Waals surface area contributed by atoms with E-state index in [1.165, 1.54) is 30.0 Å². The summed E-state index contributed by atoms with van der Waals surface area (Å²) < 4.78 is 2.43. The van der Waals surface area contributed by atoms with Crippen LogP contribution in [0.25, 0.3) is 0 Å². The van der Waals surface area contributed by atoms with Crippen LogP contribution in [0.1, 0.15) is 54.9 Å². The van der Waals surface area contributed by atoms with Gasteiger partial charge in [0, 0.05) is 35.2 Å². The van der Waals surface area contributed by atoms with Gasteiger partial charge in [0.05, 0.1) is 0 Å². The number of Topliss-reactive ketones (excluding diaryl/α,β-unsaturated/α-hetero) is 1. The molecule has 3 heteroatoms. The summed E-state index contributed by atoms with van der Waals surface area (Å²) >= 11 is 2.09. The molecule has 2 heterocycles. The zero-order valence-corrected chi connectivity index (χ0v) is 13.0. The van der Waals surface area contributed by atoms with Crippen LogP contribution >= 0.6 is 11.8 Å². The van der Waals surface area contributed by atoms with Crippen LogP contribution in [0.5, 0.6) is 0 Å². The third kappa shape index (κ3) is 2.49. The van der Waals surface area contributed by atoms with Crippen molar-refractivity contribution >= 4 is 17.5 Å². The maximum atomic E-state index is 12.3. The lowest BCUT2D eigenvalue weighted by molar-refractivity contribution is 0.0910. The van der Waals surface area contributed by atoms with Crippen molar-refractivity contribution in [2.75, 3.05) is 5.75 Å². The number of hydrogen-bond acceptors (Lipinski definition) is 2. The standard InChI is InChI=1S/C16H23NOS/c1-11-7-13-14(8-16(2,3)9-15(13)18)17(11)10-12-5-4-6-19-12/h7,12H,4-6,8-10H2,1-3H3. The summed E-state index contributed by atoms with van der Waals surface area (Å²) in [6.07, 6.45) is 4.41. The number of thioether (sulfide) groups is 1. The van der Waals surface area contributed by atoms with Gasteiger partial charge in [-0.1, -0.05) is 13.8 Å². The van der Waals surface area contributed by atoms with Gasteiger partial charge in [-0.15, -0.1) is 0 Å². The van der Waals surface area contributed by atoms with Crippen molar-refractivity contribution in [2.24, 2.45) is 5.41 Å². The minimum atomic E-state index is 0.120. The number of hydrogen-bond donors (Lipinski definition) is 0. The Morgan fingerprint density at radius 2 is 2.21 bits per heavy atom. The lowest BCUT2D eigenvalue weighted by Gasteiger charge is -2.30. The van der Waals surface area contributed by atoms with E-state index in [1.54, 1.807) is 0 Å². The number of ketones is 1. The normalized spacial score (nSPS) is 25.6. The van der Waals surface area contributed by atoms with Crippen molar-refractivity contribution in [1.82, 2.24) is 4.57 Å². The molecule has 3 rings (SSSR count). The first-order valence-corrected chi connectivity index (χ1v) is 8.35. The lowest BCUT2D eigenvalue weighted by Crippen LogP contribution is -2.28. The minimum Gasteiger partial charge on any atom is -0.347 e. The quantitative estimate of drug-likeness (QED) is 0.819. The Bertz CT molecular complexity index is 509. The summed E-state index contributed by atoms with van der Waals surface area (Å²) in [5.74, 6) is 1.64. The first-order valence-electron chi connectivity index (χ1n) is 7.30. The molecule has 0 aromatic carbocycles. The minimum absolute atomic E-state index is 0.120. The van der Waals surface area contributed by atoms with Crippen LogP contribution in [-0.4, -0.2) is 21.4 Å². The van der Waals surface area contributed by atoms with E-state index in [0.717, 1.165) is 23.8 Å². The molecule has 2 nitrogen and oxygen atoms in total. The summed E-state index contributed by atoms with van der Waals surface area (Å²) in [5, 5.41) is 0.746. The van der Waals surface area contributed by atoms with E-state index < -0.39 is 0 Å². The predicted molar refractivity (Wildman–Crippen MR) is 81.1 cm³/mol. The van der Waals surface area contributed by atoms with Crippen molar-refractivity contribution in [3.63, 3.8) is 0 Å². The van der Waals surface area contributed by atoms with Gasteiger partial charge in [0.25, 0.3) is 0 Å². The van der Waals surface area contributed by atoms with Crippen molar-refractivity contribution < 1.29 is 4.79 Å². The van der Waals surface area contributed by atoms with E-state index in [4.69, 9.17) is 0 Å². The molecule has 19 heavy (non-hydrogen) atoms. The second kappa shape index (κ2) is 4.69. The predicted octanol–water partition coefficient (Wildman–Crippen LogP) is 3.85. The van der Waals surface area contributed by atoms with Gasteiger partial charge >= 0.3 is 0 Å². The first kappa shape index (κ1) is 13.3. The van der Waals surface area contributed by atoms with Crippen molar-refractivity contribution in [3.05, 3.63) is 23.0 Å². The number of carbonyl (C=O) groups is 1. The molecular formula is C16H23NOS. The monoisotopic (exact) mass is 277 g/mol. The topological polar surface area (TPSA) is 22.0 Å². The summed E-state index contributed by atoms with van der Waals surface area (Å²) in [6.45, 7) is 7.67. The van der Waals surface area contributed by atoms with Crippen LogP contribution in [0.4, 0.5) is 0 Å². The molecule has 1 atom stereocenters. The number of aryl methyl sites for hydroxylation is 1. The van der Waals surface area contributed by atoms with Crippen LogP contribution in [0.2, 0.25) is 0 Å². The molecule has 1 aliphatic carbocycles. The first-order chi connectivity index (χ1) is 8.96. The molecule has 1 aromatic rings. The summed E-state index contributed by atoms with van der Waals surface area (Å²) in [4.78, 5) is 12.3. The Labute approximate surface area is 120 Å². The molecule has 0 radical (unpaired) electrons. The number of carbonyl (C=O) groups excluding carboxylic acids is 1. The Kier molecular flexibility index (Phi) is 3.28. The van der Waals surface area contributed by atoms with Crippen LogP contribution in [0.15, 0.2) is 6.07 Å². The van der Waals surface area contributed by atoms with E-state index in [0.29, 0.717) is 12.2 Å². The van der Waals surface area contributed by atoms with E-state index in [-0.39, 0.29) is 5.41 Å². The maximum Gasteiger partial charge on any atom is 0.165 e. The summed E-state index contributed by atoms with van der Waals surface area (Å²) in [7, 11) is 0. The molecule has 0 N–H and O–H groups in total. The van der Waals surface area contributed by atoms with Gasteiger partial charge in [0.15, 0.2) is 5.78 Å². The highest BCUT2D eigenvalue weighted by Gasteiger charge is 2.34. The second-order valence-electron chi connectivity index (χ2n) is 6.83. The zero-order chi connectivity index (χ0) is 13.6. The van der Waals surface area contributed by atoms with Crippen LogP contribution in [0, 0.1) is 12.3 Å². The van der Waals surface area contributed by atoms with Gasteiger partial charge in [-0.2, -0.15) is 11.8 Å². The average molecular weight is 277 g/mol. The molecule has 1 aromatic heterocycles. The number of rotatable bonds is 2. The van der Waals surface area contributed by atoms with Gasteiger partial charge in [-0.05, 0) is 43.4 Å². The highest BCUT2D eigenvalue weighted by molar-refractivity contribution is 8.00. The smallest absolute Gasteiger partial charge is 0.165 e. The molecule has 1 aliphatic heterocycles. The van der Waals surface area contributed by atoms with Crippen LogP contribution in [-0.2, 0) is 13.0 Å². The summed E-state index contributed by atoms with van der Waals surface area (Å²) in [6, 6.07) is 2.12. The molecule has 1 unspecified atom stereocenters. The zero-order valence-electron chi connectivity index (χ0n) is 12.2. The highest BCUT2D eigenvalue weighted by Crippen LogP contribution is 2.37. The third-order valence-electron chi connectivity index (χ3n) is 4.41. The number of aromatic nitrogens is 1. The average Bonchev–Trinajstić information content (AvgIpc) is 2.90. The molecule has 104 valence electrons. The molecule has 0 saturated carbocycles. The van der Waals surface area contributed by atoms with Crippen molar-refractivity contribution in [1.29, 1.82) is 0 Å².